The molecule has 2 aliphatic rings. The fourth-order valence-corrected chi connectivity index (χ4v) is 4.40. The Balaban J connectivity index is 1.18. The first-order chi connectivity index (χ1) is 14.7. The summed E-state index contributed by atoms with van der Waals surface area (Å²) < 4.78 is 11.2. The molecule has 2 aromatic rings. The van der Waals surface area contributed by atoms with Gasteiger partial charge in [0.2, 0.25) is 5.91 Å². The highest BCUT2D eigenvalue weighted by Crippen LogP contribution is 2.17. The lowest BCUT2D eigenvalue weighted by Gasteiger charge is -2.36. The first-order valence-electron chi connectivity index (χ1n) is 10.6. The third-order valence-corrected chi connectivity index (χ3v) is 6.43. The number of aromatic nitrogens is 1. The Morgan fingerprint density at radius 1 is 1.07 bits per heavy atom. The van der Waals surface area contributed by atoms with Gasteiger partial charge in [0.05, 0.1) is 25.5 Å². The van der Waals surface area contributed by atoms with Crippen molar-refractivity contribution in [3.63, 3.8) is 0 Å². The normalized spacial score (nSPS) is 18.5. The van der Waals surface area contributed by atoms with Crippen molar-refractivity contribution >= 4 is 17.2 Å². The smallest absolute Gasteiger partial charge is 0.236 e. The van der Waals surface area contributed by atoms with Crippen molar-refractivity contribution in [1.82, 2.24) is 19.7 Å². The van der Waals surface area contributed by atoms with Gasteiger partial charge in [0.1, 0.15) is 17.4 Å². The molecule has 0 unspecified atom stereocenters. The van der Waals surface area contributed by atoms with Crippen molar-refractivity contribution in [2.75, 3.05) is 59.0 Å². The van der Waals surface area contributed by atoms with Gasteiger partial charge in [-0.2, -0.15) is 0 Å². The third kappa shape index (κ3) is 6.01. The Morgan fingerprint density at radius 2 is 1.80 bits per heavy atom. The molecule has 7 nitrogen and oxygen atoms in total. The van der Waals surface area contributed by atoms with Crippen LogP contribution in [0.25, 0.3) is 0 Å². The van der Waals surface area contributed by atoms with Crippen LogP contribution < -0.4 is 4.74 Å². The summed E-state index contributed by atoms with van der Waals surface area (Å²) in [6.45, 7) is 10.4. The minimum absolute atomic E-state index is 0.237. The van der Waals surface area contributed by atoms with E-state index in [1.165, 1.54) is 5.56 Å². The zero-order valence-electron chi connectivity index (χ0n) is 17.6. The second-order valence-corrected chi connectivity index (χ2v) is 8.82. The van der Waals surface area contributed by atoms with Gasteiger partial charge < -0.3 is 14.4 Å². The van der Waals surface area contributed by atoms with Crippen LogP contribution in [0.4, 0.5) is 0 Å². The molecular weight excluding hydrogens is 400 g/mol. The van der Waals surface area contributed by atoms with Gasteiger partial charge >= 0.3 is 0 Å². The van der Waals surface area contributed by atoms with E-state index in [-0.39, 0.29) is 5.91 Å². The fourth-order valence-electron chi connectivity index (χ4n) is 3.70. The summed E-state index contributed by atoms with van der Waals surface area (Å²) in [5.74, 6) is 1.11. The van der Waals surface area contributed by atoms with Gasteiger partial charge in [0.25, 0.3) is 0 Å². The summed E-state index contributed by atoms with van der Waals surface area (Å²) in [5, 5.41) is 3.11. The molecule has 0 N–H and O–H groups in total. The second-order valence-electron chi connectivity index (χ2n) is 7.88. The molecule has 1 amide bonds. The molecule has 3 heterocycles. The first kappa shape index (κ1) is 21.2. The number of rotatable bonds is 7. The molecule has 4 rings (SSSR count). The van der Waals surface area contributed by atoms with Crippen LogP contribution >= 0.6 is 11.3 Å². The van der Waals surface area contributed by atoms with E-state index in [2.05, 4.69) is 22.1 Å². The Bertz CT molecular complexity index is 812. The molecule has 0 spiro atoms. The number of nitrogens with zero attached hydrogens (tertiary/aromatic N) is 4. The molecule has 0 radical (unpaired) electrons. The van der Waals surface area contributed by atoms with Crippen molar-refractivity contribution in [1.29, 1.82) is 0 Å². The Hall–Kier alpha value is -2.00. The molecule has 30 heavy (non-hydrogen) atoms. The van der Waals surface area contributed by atoms with Crippen molar-refractivity contribution < 1.29 is 14.3 Å². The van der Waals surface area contributed by atoms with Crippen LogP contribution in [0.5, 0.6) is 5.75 Å². The van der Waals surface area contributed by atoms with Gasteiger partial charge in [0, 0.05) is 51.2 Å². The lowest BCUT2D eigenvalue weighted by atomic mass is 10.2. The van der Waals surface area contributed by atoms with Crippen molar-refractivity contribution in [3.8, 4) is 5.75 Å². The second kappa shape index (κ2) is 10.3. The molecule has 0 aliphatic carbocycles. The van der Waals surface area contributed by atoms with Crippen molar-refractivity contribution in [2.45, 2.75) is 20.1 Å². The summed E-state index contributed by atoms with van der Waals surface area (Å²) in [4.78, 5) is 23.8. The number of thiazole rings is 1. The van der Waals surface area contributed by atoms with Crippen LogP contribution in [0.15, 0.2) is 29.6 Å². The average Bonchev–Trinajstić information content (AvgIpc) is 3.22. The summed E-state index contributed by atoms with van der Waals surface area (Å²) in [6.07, 6.45) is 0. The monoisotopic (exact) mass is 430 g/mol. The molecule has 162 valence electrons. The number of benzene rings is 1. The van der Waals surface area contributed by atoms with Crippen molar-refractivity contribution in [2.24, 2.45) is 0 Å². The van der Waals surface area contributed by atoms with Gasteiger partial charge in [-0.3, -0.25) is 14.6 Å². The van der Waals surface area contributed by atoms with Crippen molar-refractivity contribution in [3.05, 3.63) is 45.9 Å². The number of amides is 1. The molecule has 0 atom stereocenters. The van der Waals surface area contributed by atoms with Gasteiger partial charge in [0.15, 0.2) is 0 Å². The van der Waals surface area contributed by atoms with E-state index in [0.717, 1.165) is 75.5 Å². The lowest BCUT2D eigenvalue weighted by Crippen LogP contribution is -2.52. The topological polar surface area (TPSA) is 58.1 Å². The number of ether oxygens (including phenoxy) is 2. The van der Waals surface area contributed by atoms with Gasteiger partial charge in [-0.1, -0.05) is 17.7 Å². The van der Waals surface area contributed by atoms with Gasteiger partial charge in [-0.05, 0) is 19.1 Å². The number of carbonyl (C=O) groups excluding carboxylic acids is 1. The quantitative estimate of drug-likeness (QED) is 0.670. The zero-order chi connectivity index (χ0) is 20.8. The molecule has 8 heteroatoms. The average molecular weight is 431 g/mol. The minimum atomic E-state index is 0.237. The highest BCUT2D eigenvalue weighted by Gasteiger charge is 2.23. The fraction of sp³-hybridized carbons (Fsp3) is 0.545. The van der Waals surface area contributed by atoms with E-state index in [1.54, 1.807) is 11.3 Å². The van der Waals surface area contributed by atoms with E-state index in [9.17, 15) is 4.79 Å². The third-order valence-electron chi connectivity index (χ3n) is 5.56. The number of morpholine rings is 1. The summed E-state index contributed by atoms with van der Waals surface area (Å²) in [7, 11) is 0. The van der Waals surface area contributed by atoms with Crippen LogP contribution in [-0.2, 0) is 22.7 Å². The highest BCUT2D eigenvalue weighted by atomic mass is 32.1. The predicted molar refractivity (Wildman–Crippen MR) is 117 cm³/mol. The van der Waals surface area contributed by atoms with Gasteiger partial charge in [-0.25, -0.2) is 4.98 Å². The molecule has 2 fully saturated rings. The molecule has 0 bridgehead atoms. The Kier molecular flexibility index (Phi) is 7.33. The Labute approximate surface area is 182 Å². The molecule has 2 aliphatic heterocycles. The number of hydrogen-bond donors (Lipinski definition) is 0. The van der Waals surface area contributed by atoms with E-state index in [4.69, 9.17) is 14.5 Å². The largest absolute Gasteiger partial charge is 0.486 e. The molecule has 1 aromatic carbocycles. The zero-order valence-corrected chi connectivity index (χ0v) is 18.4. The molecule has 2 saturated heterocycles. The maximum Gasteiger partial charge on any atom is 0.236 e. The first-order valence-corrected chi connectivity index (χ1v) is 11.5. The maximum absolute atomic E-state index is 12.5. The number of carbonyl (C=O) groups is 1. The molecular formula is C22H30N4O3S. The standard InChI is InChI=1S/C22H30N4O3S/c1-18-2-4-20(5-3-18)29-16-21-23-19(17-30-21)14-24-6-8-26(9-7-24)22(27)15-25-10-12-28-13-11-25/h2-5,17H,6-16H2,1H3. The van der Waals surface area contributed by atoms with Crippen LogP contribution in [0.1, 0.15) is 16.3 Å². The van der Waals surface area contributed by atoms with E-state index >= 15 is 0 Å². The molecule has 1 aromatic heterocycles. The number of hydrogen-bond acceptors (Lipinski definition) is 7. The number of piperazine rings is 1. The maximum atomic E-state index is 12.5. The number of aryl methyl sites for hydroxylation is 1. The summed E-state index contributed by atoms with van der Waals surface area (Å²) in [6, 6.07) is 8.08. The highest BCUT2D eigenvalue weighted by molar-refractivity contribution is 7.09. The van der Waals surface area contributed by atoms with E-state index < -0.39 is 0 Å². The van der Waals surface area contributed by atoms with E-state index in [1.807, 2.05) is 29.2 Å². The van der Waals surface area contributed by atoms with Crippen LogP contribution in [-0.4, -0.2) is 84.6 Å². The summed E-state index contributed by atoms with van der Waals surface area (Å²) in [5.41, 5.74) is 2.30. The Morgan fingerprint density at radius 3 is 2.53 bits per heavy atom. The van der Waals surface area contributed by atoms with Crippen LogP contribution in [0.3, 0.4) is 0 Å². The lowest BCUT2D eigenvalue weighted by molar-refractivity contribution is -0.135. The predicted octanol–water partition coefficient (Wildman–Crippen LogP) is 2.01. The molecule has 0 saturated carbocycles. The van der Waals surface area contributed by atoms with E-state index in [0.29, 0.717) is 13.2 Å². The SMILES string of the molecule is Cc1ccc(OCc2nc(CN3CCN(C(=O)CN4CCOCC4)CC3)cs2)cc1. The summed E-state index contributed by atoms with van der Waals surface area (Å²) >= 11 is 1.64. The van der Waals surface area contributed by atoms with Gasteiger partial charge in [-0.15, -0.1) is 11.3 Å². The minimum Gasteiger partial charge on any atom is -0.486 e. The van der Waals surface area contributed by atoms with Crippen LogP contribution in [0.2, 0.25) is 0 Å². The van der Waals surface area contributed by atoms with Crippen LogP contribution in [0, 0.1) is 6.92 Å².